The SMILES string of the molecule is O=C(COc1ccc(N2CCCS2(=O)=O)nc1Cl)N1CCc2nc3n(c2[C@@H]1c1ccc(Cl)cc1F)CCS3. The standard InChI is InChI=1S/C24H22Cl2FN5O4S2/c25-14-2-3-15(16(27)12-14)21-22-17(28-24-31(22)9-10-37-24)6-8-30(21)20(33)13-36-18-4-5-19(29-23(18)26)32-7-1-11-38(32,34)35/h2-5,12,21H,1,6-11,13H2/t21-/m0/s1. The summed E-state index contributed by atoms with van der Waals surface area (Å²) in [6.07, 6.45) is 1.05. The molecule has 0 bridgehead atoms. The Kier molecular flexibility index (Phi) is 6.69. The van der Waals surface area contributed by atoms with E-state index in [0.717, 1.165) is 28.8 Å². The minimum Gasteiger partial charge on any atom is -0.481 e. The zero-order valence-corrected chi connectivity index (χ0v) is 23.1. The minimum atomic E-state index is -3.41. The van der Waals surface area contributed by atoms with E-state index >= 15 is 4.39 Å². The lowest BCUT2D eigenvalue weighted by Crippen LogP contribution is -2.44. The fourth-order valence-electron chi connectivity index (χ4n) is 5.12. The maximum absolute atomic E-state index is 15.2. The van der Waals surface area contributed by atoms with E-state index in [0.29, 0.717) is 31.5 Å². The molecule has 0 aliphatic carbocycles. The molecule has 9 nitrogen and oxygen atoms in total. The summed E-state index contributed by atoms with van der Waals surface area (Å²) >= 11 is 13.9. The molecule has 200 valence electrons. The van der Waals surface area contributed by atoms with E-state index in [9.17, 15) is 13.2 Å². The van der Waals surface area contributed by atoms with Crippen molar-refractivity contribution in [3.8, 4) is 5.75 Å². The van der Waals surface area contributed by atoms with Crippen LogP contribution in [0.3, 0.4) is 0 Å². The minimum absolute atomic E-state index is 0.0516. The molecule has 1 aromatic carbocycles. The molecule has 6 rings (SSSR count). The molecule has 0 radical (unpaired) electrons. The van der Waals surface area contributed by atoms with Gasteiger partial charge in [0.2, 0.25) is 10.0 Å². The van der Waals surface area contributed by atoms with Gasteiger partial charge >= 0.3 is 0 Å². The fraction of sp³-hybridized carbons (Fsp3) is 0.375. The number of ether oxygens (including phenoxy) is 1. The molecule has 0 saturated carbocycles. The van der Waals surface area contributed by atoms with E-state index < -0.39 is 21.9 Å². The smallest absolute Gasteiger partial charge is 0.261 e. The highest BCUT2D eigenvalue weighted by Gasteiger charge is 2.39. The summed E-state index contributed by atoms with van der Waals surface area (Å²) < 4.78 is 48.6. The largest absolute Gasteiger partial charge is 0.481 e. The van der Waals surface area contributed by atoms with Gasteiger partial charge in [0, 0.05) is 42.4 Å². The molecule has 0 N–H and O–H groups in total. The molecule has 3 aromatic rings. The molecular weight excluding hydrogens is 576 g/mol. The van der Waals surface area contributed by atoms with E-state index in [2.05, 4.69) is 9.55 Å². The number of nitrogens with zero attached hydrogens (tertiary/aromatic N) is 5. The van der Waals surface area contributed by atoms with E-state index in [1.54, 1.807) is 28.8 Å². The molecule has 0 spiro atoms. The highest BCUT2D eigenvalue weighted by atomic mass is 35.5. The predicted octanol–water partition coefficient (Wildman–Crippen LogP) is 3.92. The molecule has 1 amide bonds. The summed E-state index contributed by atoms with van der Waals surface area (Å²) in [5.74, 6) is 0.413. The van der Waals surface area contributed by atoms with E-state index in [4.69, 9.17) is 32.9 Å². The zero-order valence-electron chi connectivity index (χ0n) is 19.9. The maximum atomic E-state index is 15.2. The highest BCUT2D eigenvalue weighted by molar-refractivity contribution is 7.99. The molecule has 14 heteroatoms. The summed E-state index contributed by atoms with van der Waals surface area (Å²) in [7, 11) is -3.41. The molecular formula is C24H22Cl2FN5O4S2. The molecule has 1 fully saturated rings. The van der Waals surface area contributed by atoms with Crippen molar-refractivity contribution >= 4 is 56.7 Å². The Hall–Kier alpha value is -2.54. The summed E-state index contributed by atoms with van der Waals surface area (Å²) in [5.41, 5.74) is 2.00. The number of anilines is 1. The van der Waals surface area contributed by atoms with Gasteiger partial charge in [-0.2, -0.15) is 0 Å². The number of benzene rings is 1. The Morgan fingerprint density at radius 3 is 2.74 bits per heavy atom. The van der Waals surface area contributed by atoms with Gasteiger partial charge in [0.15, 0.2) is 22.7 Å². The Balaban J connectivity index is 1.26. The first kappa shape index (κ1) is 25.7. The Morgan fingerprint density at radius 1 is 1.16 bits per heavy atom. The molecule has 3 aliphatic rings. The highest BCUT2D eigenvalue weighted by Crippen LogP contribution is 2.41. The lowest BCUT2D eigenvalue weighted by molar-refractivity contribution is -0.135. The van der Waals surface area contributed by atoms with Crippen LogP contribution < -0.4 is 9.04 Å². The molecule has 38 heavy (non-hydrogen) atoms. The van der Waals surface area contributed by atoms with Crippen molar-refractivity contribution in [3.05, 3.63) is 63.3 Å². The van der Waals surface area contributed by atoms with Crippen molar-refractivity contribution in [2.75, 3.05) is 35.5 Å². The van der Waals surface area contributed by atoms with Crippen LogP contribution in [-0.4, -0.2) is 65.0 Å². The van der Waals surface area contributed by atoms with Crippen LogP contribution in [0.5, 0.6) is 5.75 Å². The summed E-state index contributed by atoms with van der Waals surface area (Å²) in [6.45, 7) is 1.04. The van der Waals surface area contributed by atoms with Crippen molar-refractivity contribution in [2.45, 2.75) is 30.6 Å². The van der Waals surface area contributed by atoms with Crippen LogP contribution in [0.15, 0.2) is 35.5 Å². The van der Waals surface area contributed by atoms with Gasteiger partial charge < -0.3 is 14.2 Å². The number of imidazole rings is 1. The topological polar surface area (TPSA) is 97.6 Å². The second-order valence-corrected chi connectivity index (χ2v) is 13.0. The van der Waals surface area contributed by atoms with Crippen LogP contribution >= 0.6 is 35.0 Å². The van der Waals surface area contributed by atoms with Crippen LogP contribution in [0.25, 0.3) is 0 Å². The molecule has 3 aliphatic heterocycles. The zero-order chi connectivity index (χ0) is 26.6. The lowest BCUT2D eigenvalue weighted by Gasteiger charge is -2.36. The summed E-state index contributed by atoms with van der Waals surface area (Å²) in [6, 6.07) is 6.76. The van der Waals surface area contributed by atoms with Crippen molar-refractivity contribution in [1.82, 2.24) is 19.4 Å². The van der Waals surface area contributed by atoms with Crippen LogP contribution in [0.4, 0.5) is 10.2 Å². The van der Waals surface area contributed by atoms with Crippen LogP contribution in [0.2, 0.25) is 10.2 Å². The maximum Gasteiger partial charge on any atom is 0.261 e. The lowest BCUT2D eigenvalue weighted by atomic mass is 9.94. The fourth-order valence-corrected chi connectivity index (χ4v) is 7.97. The van der Waals surface area contributed by atoms with Gasteiger partial charge in [-0.1, -0.05) is 41.0 Å². The third-order valence-electron chi connectivity index (χ3n) is 6.84. The third kappa shape index (κ3) is 4.51. The van der Waals surface area contributed by atoms with Crippen LogP contribution in [0.1, 0.15) is 29.4 Å². The quantitative estimate of drug-likeness (QED) is 0.411. The van der Waals surface area contributed by atoms with Crippen molar-refractivity contribution in [2.24, 2.45) is 0 Å². The molecule has 1 atom stereocenters. The first-order chi connectivity index (χ1) is 18.2. The summed E-state index contributed by atoms with van der Waals surface area (Å²) in [5, 5.41) is 1.09. The molecule has 0 unspecified atom stereocenters. The number of thioether (sulfide) groups is 1. The normalized spacial score (nSPS) is 19.9. The second-order valence-electron chi connectivity index (χ2n) is 9.12. The van der Waals surface area contributed by atoms with E-state index in [1.165, 1.54) is 22.5 Å². The monoisotopic (exact) mass is 597 g/mol. The predicted molar refractivity (Wildman–Crippen MR) is 142 cm³/mol. The van der Waals surface area contributed by atoms with Gasteiger partial charge in [0.05, 0.1) is 17.1 Å². The van der Waals surface area contributed by atoms with Crippen molar-refractivity contribution < 1.29 is 22.3 Å². The first-order valence-electron chi connectivity index (χ1n) is 12.0. The Bertz CT molecular complexity index is 1550. The summed E-state index contributed by atoms with van der Waals surface area (Å²) in [4.78, 5) is 24.0. The van der Waals surface area contributed by atoms with Crippen LogP contribution in [0, 0.1) is 5.82 Å². The third-order valence-corrected chi connectivity index (χ3v) is 10.1. The van der Waals surface area contributed by atoms with Gasteiger partial charge in [0.1, 0.15) is 17.7 Å². The number of hydrogen-bond donors (Lipinski definition) is 0. The number of aromatic nitrogens is 3. The number of pyridine rings is 1. The number of carbonyl (C=O) groups is 1. The molecule has 5 heterocycles. The number of halogens is 3. The molecule has 2 aromatic heterocycles. The number of sulfonamides is 1. The van der Waals surface area contributed by atoms with E-state index in [-0.39, 0.29) is 40.0 Å². The van der Waals surface area contributed by atoms with Crippen molar-refractivity contribution in [3.63, 3.8) is 0 Å². The van der Waals surface area contributed by atoms with E-state index in [1.807, 2.05) is 0 Å². The number of hydrogen-bond acceptors (Lipinski definition) is 7. The first-order valence-corrected chi connectivity index (χ1v) is 15.3. The van der Waals surface area contributed by atoms with Gasteiger partial charge in [0.25, 0.3) is 5.91 Å². The number of carbonyl (C=O) groups excluding carboxylic acids is 1. The Morgan fingerprint density at radius 2 is 2.00 bits per heavy atom. The average Bonchev–Trinajstić information content (AvgIpc) is 3.56. The number of amides is 1. The number of fused-ring (bicyclic) bond motifs is 3. The Labute approximate surface area is 232 Å². The van der Waals surface area contributed by atoms with Crippen molar-refractivity contribution in [1.29, 1.82) is 0 Å². The van der Waals surface area contributed by atoms with Gasteiger partial charge in [-0.15, -0.1) is 0 Å². The van der Waals surface area contributed by atoms with Gasteiger partial charge in [-0.25, -0.2) is 22.8 Å². The molecule has 1 saturated heterocycles. The van der Waals surface area contributed by atoms with Gasteiger partial charge in [-0.3, -0.25) is 9.10 Å². The van der Waals surface area contributed by atoms with Gasteiger partial charge in [-0.05, 0) is 30.7 Å². The number of rotatable bonds is 5. The second kappa shape index (κ2) is 9.89. The average molecular weight is 599 g/mol. The van der Waals surface area contributed by atoms with Crippen LogP contribution in [-0.2, 0) is 27.8 Å².